The van der Waals surface area contributed by atoms with Crippen molar-refractivity contribution in [2.24, 2.45) is 0 Å². The summed E-state index contributed by atoms with van der Waals surface area (Å²) in [7, 11) is 0. The molecule has 7 rings (SSSR count). The van der Waals surface area contributed by atoms with Crippen molar-refractivity contribution in [1.82, 2.24) is 15.0 Å². The van der Waals surface area contributed by atoms with E-state index < -0.39 is 0 Å². The van der Waals surface area contributed by atoms with Crippen LogP contribution in [-0.2, 0) is 0 Å². The van der Waals surface area contributed by atoms with E-state index in [9.17, 15) is 0 Å². The van der Waals surface area contributed by atoms with Crippen LogP contribution < -0.4 is 0 Å². The Hall–Kier alpha value is -5.09. The highest BCUT2D eigenvalue weighted by molar-refractivity contribution is 6.10. The molecule has 0 saturated heterocycles. The maximum absolute atomic E-state index is 6.42. The molecule has 180 valence electrons. The third-order valence-electron chi connectivity index (χ3n) is 6.81. The summed E-state index contributed by atoms with van der Waals surface area (Å²) in [4.78, 5) is 14.8. The first-order valence-corrected chi connectivity index (χ1v) is 12.6. The van der Waals surface area contributed by atoms with E-state index in [1.54, 1.807) is 0 Å². The van der Waals surface area contributed by atoms with Gasteiger partial charge in [0, 0.05) is 33.0 Å². The summed E-state index contributed by atoms with van der Waals surface area (Å²) in [5.74, 6) is 1.90. The van der Waals surface area contributed by atoms with E-state index in [2.05, 4.69) is 49.4 Å². The summed E-state index contributed by atoms with van der Waals surface area (Å²) >= 11 is 0. The van der Waals surface area contributed by atoms with Gasteiger partial charge in [-0.25, -0.2) is 15.0 Å². The SMILES string of the molecule is Cc1ccc2oc3c(-c4ccccc4-c4nc(-c5ccccc5)nc(-c5ccccc5)n4)cccc3c2c1. The summed E-state index contributed by atoms with van der Waals surface area (Å²) in [5, 5.41) is 2.22. The van der Waals surface area contributed by atoms with Gasteiger partial charge in [-0.15, -0.1) is 0 Å². The third kappa shape index (κ3) is 3.84. The molecule has 0 aliphatic rings. The number of aryl methyl sites for hydroxylation is 1. The van der Waals surface area contributed by atoms with Crippen LogP contribution in [0.3, 0.4) is 0 Å². The Bertz CT molecular complexity index is 1870. The van der Waals surface area contributed by atoms with Crippen LogP contribution in [0.15, 0.2) is 126 Å². The molecule has 0 saturated carbocycles. The first-order chi connectivity index (χ1) is 18.7. The molecular formula is C34H23N3O. The molecule has 2 aromatic heterocycles. The lowest BCUT2D eigenvalue weighted by atomic mass is 9.97. The molecule has 4 nitrogen and oxygen atoms in total. The average Bonchev–Trinajstić information content (AvgIpc) is 3.36. The normalized spacial score (nSPS) is 11.3. The largest absolute Gasteiger partial charge is 0.455 e. The summed E-state index contributed by atoms with van der Waals surface area (Å²) < 4.78 is 6.42. The zero-order valence-electron chi connectivity index (χ0n) is 20.8. The Morgan fingerprint density at radius 2 is 1.05 bits per heavy atom. The Kier molecular flexibility index (Phi) is 5.30. The lowest BCUT2D eigenvalue weighted by molar-refractivity contribution is 0.670. The van der Waals surface area contributed by atoms with Crippen molar-refractivity contribution in [2.45, 2.75) is 6.92 Å². The number of hydrogen-bond donors (Lipinski definition) is 0. The van der Waals surface area contributed by atoms with Gasteiger partial charge in [-0.05, 0) is 24.6 Å². The van der Waals surface area contributed by atoms with E-state index >= 15 is 0 Å². The van der Waals surface area contributed by atoms with Crippen LogP contribution in [0.25, 0.3) is 67.2 Å². The molecule has 0 radical (unpaired) electrons. The molecular weight excluding hydrogens is 466 g/mol. The number of benzene rings is 5. The lowest BCUT2D eigenvalue weighted by Crippen LogP contribution is -2.01. The molecule has 2 heterocycles. The third-order valence-corrected chi connectivity index (χ3v) is 6.81. The molecule has 0 atom stereocenters. The molecule has 0 aliphatic heterocycles. The van der Waals surface area contributed by atoms with Crippen LogP contribution in [0.2, 0.25) is 0 Å². The molecule has 0 unspecified atom stereocenters. The molecule has 4 heteroatoms. The van der Waals surface area contributed by atoms with Crippen LogP contribution in [0.5, 0.6) is 0 Å². The molecule has 38 heavy (non-hydrogen) atoms. The standard InChI is InChI=1S/C34H23N3O/c1-22-19-20-30-29(21-22)27-18-10-17-26(31(27)38-30)25-15-8-9-16-28(25)34-36-32(23-11-4-2-5-12-23)35-33(37-34)24-13-6-3-7-14-24/h2-21H,1H3. The van der Waals surface area contributed by atoms with Gasteiger partial charge in [0.25, 0.3) is 0 Å². The monoisotopic (exact) mass is 489 g/mol. The smallest absolute Gasteiger partial charge is 0.164 e. The van der Waals surface area contributed by atoms with Gasteiger partial charge in [-0.3, -0.25) is 0 Å². The average molecular weight is 490 g/mol. The second kappa shape index (κ2) is 9.09. The Balaban J connectivity index is 1.47. The maximum Gasteiger partial charge on any atom is 0.164 e. The van der Waals surface area contributed by atoms with Crippen molar-refractivity contribution in [1.29, 1.82) is 0 Å². The molecule has 0 bridgehead atoms. The minimum atomic E-state index is 0.622. The predicted octanol–water partition coefficient (Wildman–Crippen LogP) is 8.75. The van der Waals surface area contributed by atoms with E-state index in [4.69, 9.17) is 19.4 Å². The second-order valence-corrected chi connectivity index (χ2v) is 9.37. The zero-order valence-corrected chi connectivity index (χ0v) is 20.8. The van der Waals surface area contributed by atoms with Crippen LogP contribution in [-0.4, -0.2) is 15.0 Å². The van der Waals surface area contributed by atoms with Gasteiger partial charge in [-0.2, -0.15) is 0 Å². The van der Waals surface area contributed by atoms with Crippen molar-refractivity contribution in [3.8, 4) is 45.3 Å². The topological polar surface area (TPSA) is 51.8 Å². The minimum absolute atomic E-state index is 0.622. The van der Waals surface area contributed by atoms with E-state index in [0.29, 0.717) is 17.5 Å². The predicted molar refractivity (Wildman–Crippen MR) is 154 cm³/mol. The molecule has 0 amide bonds. The molecule has 0 aliphatic carbocycles. The molecule has 7 aromatic rings. The highest BCUT2D eigenvalue weighted by atomic mass is 16.3. The zero-order chi connectivity index (χ0) is 25.5. The molecule has 5 aromatic carbocycles. The first-order valence-electron chi connectivity index (χ1n) is 12.6. The number of nitrogens with zero attached hydrogens (tertiary/aromatic N) is 3. The van der Waals surface area contributed by atoms with Crippen LogP contribution >= 0.6 is 0 Å². The van der Waals surface area contributed by atoms with Crippen LogP contribution in [0, 0.1) is 6.92 Å². The van der Waals surface area contributed by atoms with Crippen molar-refractivity contribution in [3.05, 3.63) is 127 Å². The van der Waals surface area contributed by atoms with E-state index in [1.807, 2.05) is 78.9 Å². The van der Waals surface area contributed by atoms with Gasteiger partial charge in [0.1, 0.15) is 11.2 Å². The molecule has 0 N–H and O–H groups in total. The van der Waals surface area contributed by atoms with E-state index in [0.717, 1.165) is 49.8 Å². The van der Waals surface area contributed by atoms with Crippen LogP contribution in [0.4, 0.5) is 0 Å². The summed E-state index contributed by atoms with van der Waals surface area (Å²) in [6.07, 6.45) is 0. The fraction of sp³-hybridized carbons (Fsp3) is 0.0294. The number of aromatic nitrogens is 3. The lowest BCUT2D eigenvalue weighted by Gasteiger charge is -2.12. The van der Waals surface area contributed by atoms with Gasteiger partial charge in [0.2, 0.25) is 0 Å². The van der Waals surface area contributed by atoms with Gasteiger partial charge in [0.15, 0.2) is 17.5 Å². The van der Waals surface area contributed by atoms with Gasteiger partial charge >= 0.3 is 0 Å². The van der Waals surface area contributed by atoms with Gasteiger partial charge < -0.3 is 4.42 Å². The van der Waals surface area contributed by atoms with E-state index in [-0.39, 0.29) is 0 Å². The summed E-state index contributed by atoms with van der Waals surface area (Å²) in [6.45, 7) is 2.10. The number of hydrogen-bond acceptors (Lipinski definition) is 4. The Labute approximate surface area is 220 Å². The number of fused-ring (bicyclic) bond motifs is 3. The second-order valence-electron chi connectivity index (χ2n) is 9.37. The number of furan rings is 1. The van der Waals surface area contributed by atoms with Crippen molar-refractivity contribution in [2.75, 3.05) is 0 Å². The highest BCUT2D eigenvalue weighted by Crippen LogP contribution is 2.39. The fourth-order valence-corrected chi connectivity index (χ4v) is 4.97. The van der Waals surface area contributed by atoms with Crippen LogP contribution in [0.1, 0.15) is 5.56 Å². The minimum Gasteiger partial charge on any atom is -0.455 e. The van der Waals surface area contributed by atoms with E-state index in [1.165, 1.54) is 5.56 Å². The summed E-state index contributed by atoms with van der Waals surface area (Å²) in [5.41, 5.74) is 7.79. The van der Waals surface area contributed by atoms with Crippen molar-refractivity contribution >= 4 is 21.9 Å². The Morgan fingerprint density at radius 3 is 1.74 bits per heavy atom. The highest BCUT2D eigenvalue weighted by Gasteiger charge is 2.18. The fourth-order valence-electron chi connectivity index (χ4n) is 4.97. The molecule has 0 fully saturated rings. The van der Waals surface area contributed by atoms with Crippen molar-refractivity contribution in [3.63, 3.8) is 0 Å². The molecule has 0 spiro atoms. The first kappa shape index (κ1) is 22.1. The van der Waals surface area contributed by atoms with Crippen molar-refractivity contribution < 1.29 is 4.42 Å². The quantitative estimate of drug-likeness (QED) is 0.248. The maximum atomic E-state index is 6.42. The number of para-hydroxylation sites is 1. The number of rotatable bonds is 4. The van der Waals surface area contributed by atoms with Gasteiger partial charge in [-0.1, -0.05) is 115 Å². The van der Waals surface area contributed by atoms with Gasteiger partial charge in [0.05, 0.1) is 0 Å². The summed E-state index contributed by atoms with van der Waals surface area (Å²) in [6, 6.07) is 41.0. The Morgan fingerprint density at radius 1 is 0.474 bits per heavy atom.